The topological polar surface area (TPSA) is 432 Å². The summed E-state index contributed by atoms with van der Waals surface area (Å²) in [7, 11) is 0. The number of benzene rings is 12. The molecule has 0 saturated carbocycles. The molecule has 5 amide bonds. The number of halogens is 13. The fraction of sp³-hybridized carbons (Fsp3) is 0.155. The molecule has 0 spiro atoms. The van der Waals surface area contributed by atoms with Crippen molar-refractivity contribution >= 4 is 228 Å². The summed E-state index contributed by atoms with van der Waals surface area (Å²) >= 11 is 60.7. The summed E-state index contributed by atoms with van der Waals surface area (Å²) in [5, 5.41) is 57.9. The lowest BCUT2D eigenvalue weighted by atomic mass is 9.94. The quantitative estimate of drug-likeness (QED) is 0.0213. The number of carbonyl (C=O) groups is 5. The van der Waals surface area contributed by atoms with Crippen LogP contribution in [0.15, 0.2) is 268 Å². The van der Waals surface area contributed by atoms with Gasteiger partial charge in [-0.3, -0.25) is 49.5 Å². The van der Waals surface area contributed by atoms with Crippen LogP contribution >= 0.6 is 116 Å². The number of aromatic amines is 5. The number of fused-ring (bicyclic) bond motifs is 5. The van der Waals surface area contributed by atoms with Gasteiger partial charge in [-0.25, -0.2) is 4.98 Å². The van der Waals surface area contributed by atoms with Crippen LogP contribution in [-0.2, 0) is 30.1 Å². The summed E-state index contributed by atoms with van der Waals surface area (Å²) in [6.07, 6.45) is 5.49. The van der Waals surface area contributed by atoms with Crippen molar-refractivity contribution in [2.45, 2.75) is 68.4 Å². The number of rotatable bonds is 27. The number of anilines is 5. The van der Waals surface area contributed by atoms with Gasteiger partial charge < -0.3 is 55.3 Å². The lowest BCUT2D eigenvalue weighted by molar-refractivity contribution is -0.138. The average Bonchev–Trinajstić information content (AvgIpc) is 1.59. The van der Waals surface area contributed by atoms with E-state index in [0.717, 1.165) is 128 Å². The number of hydrogen-bond donors (Lipinski definition) is 15. The Balaban J connectivity index is 0.000000141. The molecule has 0 bridgehead atoms. The van der Waals surface area contributed by atoms with Crippen LogP contribution in [0.5, 0.6) is 0 Å². The maximum atomic E-state index is 13.2. The predicted octanol–water partition coefficient (Wildman–Crippen LogP) is 25.0. The summed E-state index contributed by atoms with van der Waals surface area (Å²) in [4.78, 5) is 68.7. The molecule has 26 nitrogen and oxygen atoms in total. The molecule has 6 heterocycles. The number of amides is 5. The Bertz CT molecular complexity index is 7560. The molecule has 728 valence electrons. The molecule has 142 heavy (non-hydrogen) atoms. The van der Waals surface area contributed by atoms with E-state index < -0.39 is 47.2 Å². The number of nitrogens with zero attached hydrogens (tertiary/aromatic N) is 6. The lowest BCUT2D eigenvalue weighted by Gasteiger charge is -2.18. The van der Waals surface area contributed by atoms with Gasteiger partial charge in [0.15, 0.2) is 0 Å². The first-order valence-electron chi connectivity index (χ1n) is 44.1. The molecule has 18 aromatic rings. The second-order valence-corrected chi connectivity index (χ2v) is 36.7. The molecule has 0 radical (unpaired) electrons. The van der Waals surface area contributed by atoms with Gasteiger partial charge in [-0.1, -0.05) is 219 Å². The van der Waals surface area contributed by atoms with Crippen LogP contribution in [0.1, 0.15) is 94.3 Å². The monoisotopic (exact) mass is 2110 g/mol. The largest absolute Gasteiger partial charge is 0.416 e. The highest BCUT2D eigenvalue weighted by molar-refractivity contribution is 6.44. The van der Waals surface area contributed by atoms with Crippen LogP contribution in [0.25, 0.3) is 87.9 Å². The smallest absolute Gasteiger partial charge is 0.330 e. The maximum absolute atomic E-state index is 13.2. The van der Waals surface area contributed by atoms with Gasteiger partial charge in [0.1, 0.15) is 5.15 Å². The van der Waals surface area contributed by atoms with Crippen molar-refractivity contribution in [1.29, 1.82) is 0 Å². The van der Waals surface area contributed by atoms with Crippen LogP contribution in [0.2, 0.25) is 50.4 Å². The summed E-state index contributed by atoms with van der Waals surface area (Å²) < 4.78 is 39.1. The fourth-order valence-corrected chi connectivity index (χ4v) is 17.7. The summed E-state index contributed by atoms with van der Waals surface area (Å²) in [6.45, 7) is 3.31. The standard InChI is InChI=1S/C23H19Cl3N4O.C23H20Cl2N4O.C22H18Cl2N4O.C18H18Cl2N4O.C17H15ClF3N5O/c24-19-4-2-1-3-17(19)18-11-15(9-14-12-28-30-22(14)18)29-23(31)16(7-8-27)13-5-6-20(25)21(26)10-13;24-20-7-6-15(11-21(20)25)18(8-9-26)23(30)28-17-10-16-13-27-29-22(16)19(12-17)14-4-2-1-3-5-14;23-19-7-6-14(9-20(19)24)18(11-25)22(29)27-16-8-15-12-26-28-21(15)17(10-16)13-4-2-1-3-5-13;1-10-6-13(7-12-9-22-24-17(10)12)23-18(25)14(4-5-21)11-2-3-15(19)16(20)8-11;18-15-7-10(17(19,20)21)6-14(25-15)12(3-4-22)16(27)24-11-1-2-13-9(5-11)8-23-26-13/h1-6,9-12,16H,7-8,27H2,(H,28,30)(H,29,31);1-7,10-13,18H,8-9,26H2,(H,27,29)(H,28,30);1-10,12,18H,11,25H2,(H,26,28)(H,27,29);2-3,6-9,14H,4-5,21H2,1H3,(H,22,24)(H,23,25);1-2,5-8,12H,3-4,22H2,(H,23,26)(H,24,27). The Kier molecular flexibility index (Phi) is 35.9. The van der Waals surface area contributed by atoms with E-state index in [9.17, 15) is 37.1 Å². The number of aryl methyl sites for hydroxylation is 1. The third-order valence-electron chi connectivity index (χ3n) is 23.0. The Hall–Kier alpha value is -13.0. The van der Waals surface area contributed by atoms with Gasteiger partial charge in [0.05, 0.1) is 140 Å². The van der Waals surface area contributed by atoms with Crippen LogP contribution in [0.3, 0.4) is 0 Å². The number of H-pyrrole nitrogens is 5. The van der Waals surface area contributed by atoms with E-state index in [-0.39, 0.29) is 54.0 Å². The third kappa shape index (κ3) is 26.3. The third-order valence-corrected chi connectivity index (χ3v) is 26.5. The first-order chi connectivity index (χ1) is 68.4. The Morgan fingerprint density at radius 3 is 1.06 bits per heavy atom. The molecule has 20 N–H and O–H groups in total. The predicted molar refractivity (Wildman–Crippen MR) is 567 cm³/mol. The van der Waals surface area contributed by atoms with Crippen molar-refractivity contribution in [2.24, 2.45) is 28.7 Å². The van der Waals surface area contributed by atoms with Gasteiger partial charge in [-0.15, -0.1) is 0 Å². The molecule has 5 atom stereocenters. The van der Waals surface area contributed by atoms with E-state index in [4.69, 9.17) is 145 Å². The Morgan fingerprint density at radius 1 is 0.317 bits per heavy atom. The second kappa shape index (κ2) is 48.6. The van der Waals surface area contributed by atoms with Crippen molar-refractivity contribution in [3.63, 3.8) is 0 Å². The second-order valence-electron chi connectivity index (χ2n) is 32.6. The van der Waals surface area contributed by atoms with Gasteiger partial charge in [0.25, 0.3) is 0 Å². The summed E-state index contributed by atoms with van der Waals surface area (Å²) in [6, 6.07) is 70.0. The SMILES string of the molecule is Cc1cc(NC(=O)C(CCN)c2ccc(Cl)c(Cl)c2)cc2cn[nH]c12.NCC(C(=O)Nc1cc(-c2ccccc2)c2[nH]ncc2c1)c1ccc(Cl)c(Cl)c1.NCCC(C(=O)Nc1cc(-c2ccccc2)c2[nH]ncc2c1)c1ccc(Cl)c(Cl)c1.NCCC(C(=O)Nc1cc(-c2ccccc2Cl)c2[nH]ncc2c1)c1ccc(Cl)c(Cl)c1.NCCC(C(=O)Nc1ccc2[nH]ncc2c1)c1cc(C(F)(F)F)cc(Cl)n1. The summed E-state index contributed by atoms with van der Waals surface area (Å²) in [5.74, 6) is -4.05. The molecule has 0 fully saturated rings. The molecular formula is C103H90Cl10F3N21O5. The van der Waals surface area contributed by atoms with Gasteiger partial charge in [0.2, 0.25) is 29.5 Å². The van der Waals surface area contributed by atoms with Gasteiger partial charge in [-0.05, 0) is 231 Å². The molecule has 0 aliphatic carbocycles. The number of pyridine rings is 1. The maximum Gasteiger partial charge on any atom is 0.416 e. The highest BCUT2D eigenvalue weighted by Crippen LogP contribution is 2.42. The fourth-order valence-electron chi connectivity index (χ4n) is 16.0. The zero-order valence-corrected chi connectivity index (χ0v) is 82.7. The summed E-state index contributed by atoms with van der Waals surface area (Å²) in [5.41, 5.74) is 45.0. The average molecular weight is 2110 g/mol. The Morgan fingerprint density at radius 2 is 0.655 bits per heavy atom. The van der Waals surface area contributed by atoms with Crippen molar-refractivity contribution < 1.29 is 37.1 Å². The Labute approximate surface area is 861 Å². The number of nitrogens with two attached hydrogens (primary N) is 5. The number of carbonyl (C=O) groups excluding carboxylic acids is 5. The number of aromatic nitrogens is 11. The van der Waals surface area contributed by atoms with Crippen molar-refractivity contribution in [3.05, 3.63) is 357 Å². The molecule has 5 unspecified atom stereocenters. The zero-order chi connectivity index (χ0) is 101. The van der Waals surface area contributed by atoms with E-state index in [2.05, 4.69) is 82.6 Å². The first-order valence-corrected chi connectivity index (χ1v) is 47.9. The normalized spacial score (nSPS) is 12.3. The van der Waals surface area contributed by atoms with E-state index in [1.54, 1.807) is 116 Å². The van der Waals surface area contributed by atoms with Crippen LogP contribution in [-0.4, -0.2) is 118 Å². The molecule has 0 aliphatic rings. The highest BCUT2D eigenvalue weighted by Gasteiger charge is 2.35. The molecule has 39 heteroatoms. The van der Waals surface area contributed by atoms with Gasteiger partial charge in [0, 0.05) is 89.2 Å². The van der Waals surface area contributed by atoms with Crippen LogP contribution < -0.4 is 55.3 Å². The molecule has 6 aromatic heterocycles. The molecule has 18 rings (SSSR count). The molecule has 0 aliphatic heterocycles. The first kappa shape index (κ1) is 105. The minimum absolute atomic E-state index is 0.0813. The van der Waals surface area contributed by atoms with E-state index in [1.165, 1.54) is 0 Å². The van der Waals surface area contributed by atoms with Gasteiger partial charge in [-0.2, -0.15) is 38.7 Å². The minimum atomic E-state index is -4.60. The van der Waals surface area contributed by atoms with E-state index in [1.807, 2.05) is 146 Å². The number of nitrogens with one attached hydrogen (secondary N) is 10. The molecular weight excluding hydrogens is 2020 g/mol. The zero-order valence-electron chi connectivity index (χ0n) is 75.2. The van der Waals surface area contributed by atoms with Crippen LogP contribution in [0, 0.1) is 6.92 Å². The minimum Gasteiger partial charge on any atom is -0.330 e. The van der Waals surface area contributed by atoms with Crippen LogP contribution in [0.4, 0.5) is 41.6 Å². The molecule has 12 aromatic carbocycles. The van der Waals surface area contributed by atoms with Crippen molar-refractivity contribution in [3.8, 4) is 33.4 Å². The van der Waals surface area contributed by atoms with E-state index in [0.29, 0.717) is 112 Å². The molecule has 0 saturated heterocycles. The van der Waals surface area contributed by atoms with E-state index >= 15 is 0 Å². The van der Waals surface area contributed by atoms with Gasteiger partial charge >= 0.3 is 6.18 Å². The van der Waals surface area contributed by atoms with Crippen molar-refractivity contribution in [1.82, 2.24) is 56.0 Å². The highest BCUT2D eigenvalue weighted by atomic mass is 35.5. The van der Waals surface area contributed by atoms with Crippen molar-refractivity contribution in [2.75, 3.05) is 59.3 Å². The number of hydrogen-bond acceptors (Lipinski definition) is 16. The number of alkyl halides is 3. The lowest BCUT2D eigenvalue weighted by Crippen LogP contribution is -2.27.